The van der Waals surface area contributed by atoms with E-state index in [1.54, 1.807) is 18.2 Å². The smallest absolute Gasteiger partial charge is 0.251 e. The molecule has 1 N–H and O–H groups in total. The molecule has 0 radical (unpaired) electrons. The highest BCUT2D eigenvalue weighted by Crippen LogP contribution is 2.28. The van der Waals surface area contributed by atoms with E-state index in [1.807, 2.05) is 18.7 Å². The molecule has 2 amide bonds. The summed E-state index contributed by atoms with van der Waals surface area (Å²) in [5.41, 5.74) is 0.452. The van der Waals surface area contributed by atoms with Gasteiger partial charge in [-0.1, -0.05) is 0 Å². The highest BCUT2D eigenvalue weighted by atomic mass is 16.5. The summed E-state index contributed by atoms with van der Waals surface area (Å²) in [5, 5.41) is 2.69. The zero-order valence-corrected chi connectivity index (χ0v) is 14.5. The number of hydrogen-bond donors (Lipinski definition) is 1. The molecule has 2 rings (SSSR count). The molecule has 1 heterocycles. The maximum absolute atomic E-state index is 12.3. The van der Waals surface area contributed by atoms with E-state index in [1.165, 1.54) is 6.42 Å². The summed E-state index contributed by atoms with van der Waals surface area (Å²) in [7, 11) is 0. The molecule has 1 fully saturated rings. The number of carbonyl (C=O) groups excluding carboxylic acids is 2. The average Bonchev–Trinajstić information content (AvgIpc) is 2.62. The summed E-state index contributed by atoms with van der Waals surface area (Å²) in [6.07, 6.45) is 3.25. The van der Waals surface area contributed by atoms with Crippen LogP contribution in [-0.4, -0.2) is 49.6 Å². The average molecular weight is 334 g/mol. The van der Waals surface area contributed by atoms with E-state index in [-0.39, 0.29) is 18.4 Å². The van der Waals surface area contributed by atoms with Gasteiger partial charge in [0.05, 0.1) is 19.8 Å². The molecule has 132 valence electrons. The maximum Gasteiger partial charge on any atom is 0.251 e. The molecule has 6 heteroatoms. The fourth-order valence-electron chi connectivity index (χ4n) is 2.71. The van der Waals surface area contributed by atoms with Gasteiger partial charge >= 0.3 is 0 Å². The Hall–Kier alpha value is -2.24. The second-order valence-electron chi connectivity index (χ2n) is 5.65. The lowest BCUT2D eigenvalue weighted by Crippen LogP contribution is -2.42. The van der Waals surface area contributed by atoms with Gasteiger partial charge in [0.25, 0.3) is 5.91 Å². The van der Waals surface area contributed by atoms with Crippen molar-refractivity contribution in [2.45, 2.75) is 33.1 Å². The molecule has 1 aliphatic rings. The molecule has 1 aromatic carbocycles. The van der Waals surface area contributed by atoms with Crippen LogP contribution in [0.15, 0.2) is 18.2 Å². The standard InChI is InChI=1S/C18H26N2O4/c1-3-23-15-9-8-14(12-16(15)24-4-2)18(22)19-13-17(21)20-10-6-5-7-11-20/h8-9,12H,3-7,10-11,13H2,1-2H3,(H,19,22). The first-order chi connectivity index (χ1) is 11.7. The zero-order valence-electron chi connectivity index (χ0n) is 14.5. The van der Waals surface area contributed by atoms with E-state index >= 15 is 0 Å². The van der Waals surface area contributed by atoms with Crippen molar-refractivity contribution in [3.8, 4) is 11.5 Å². The molecule has 0 atom stereocenters. The Kier molecular flexibility index (Phi) is 6.90. The third-order valence-electron chi connectivity index (χ3n) is 3.91. The molecule has 0 aromatic heterocycles. The number of nitrogens with zero attached hydrogens (tertiary/aromatic N) is 1. The fraction of sp³-hybridized carbons (Fsp3) is 0.556. The van der Waals surface area contributed by atoms with Gasteiger partial charge < -0.3 is 19.7 Å². The van der Waals surface area contributed by atoms with Crippen LogP contribution in [0, 0.1) is 0 Å². The van der Waals surface area contributed by atoms with Crippen molar-refractivity contribution in [3.05, 3.63) is 23.8 Å². The molecule has 1 saturated heterocycles. The number of rotatable bonds is 7. The lowest BCUT2D eigenvalue weighted by molar-refractivity contribution is -0.130. The van der Waals surface area contributed by atoms with Crippen LogP contribution in [0.2, 0.25) is 0 Å². The third kappa shape index (κ3) is 4.88. The summed E-state index contributed by atoms with van der Waals surface area (Å²) < 4.78 is 11.0. The van der Waals surface area contributed by atoms with Crippen molar-refractivity contribution < 1.29 is 19.1 Å². The van der Waals surface area contributed by atoms with Gasteiger partial charge in [-0.2, -0.15) is 0 Å². The van der Waals surface area contributed by atoms with E-state index < -0.39 is 0 Å². The molecule has 6 nitrogen and oxygen atoms in total. The van der Waals surface area contributed by atoms with Gasteiger partial charge in [0.1, 0.15) is 0 Å². The SMILES string of the molecule is CCOc1ccc(C(=O)NCC(=O)N2CCCCC2)cc1OCC. The van der Waals surface area contributed by atoms with Crippen LogP contribution in [0.3, 0.4) is 0 Å². The number of nitrogens with one attached hydrogen (secondary N) is 1. The number of hydrogen-bond acceptors (Lipinski definition) is 4. The molecule has 0 bridgehead atoms. The van der Waals surface area contributed by atoms with Crippen molar-refractivity contribution in [3.63, 3.8) is 0 Å². The van der Waals surface area contributed by atoms with Gasteiger partial charge in [0.2, 0.25) is 5.91 Å². The quantitative estimate of drug-likeness (QED) is 0.830. The van der Waals surface area contributed by atoms with Gasteiger partial charge in [0, 0.05) is 18.7 Å². The lowest BCUT2D eigenvalue weighted by Gasteiger charge is -2.26. The van der Waals surface area contributed by atoms with Crippen LogP contribution in [0.4, 0.5) is 0 Å². The second kappa shape index (κ2) is 9.15. The van der Waals surface area contributed by atoms with Crippen molar-refractivity contribution in [1.82, 2.24) is 10.2 Å². The van der Waals surface area contributed by atoms with Crippen LogP contribution < -0.4 is 14.8 Å². The van der Waals surface area contributed by atoms with Crippen LogP contribution in [-0.2, 0) is 4.79 Å². The van der Waals surface area contributed by atoms with Crippen molar-refractivity contribution in [1.29, 1.82) is 0 Å². The van der Waals surface area contributed by atoms with Crippen LogP contribution in [0.25, 0.3) is 0 Å². The molecule has 0 unspecified atom stereocenters. The Labute approximate surface area is 143 Å². The van der Waals surface area contributed by atoms with E-state index in [9.17, 15) is 9.59 Å². The van der Waals surface area contributed by atoms with E-state index in [4.69, 9.17) is 9.47 Å². The number of amides is 2. The Morgan fingerprint density at radius 1 is 1.04 bits per heavy atom. The summed E-state index contributed by atoms with van der Waals surface area (Å²) in [6.45, 7) is 6.37. The highest BCUT2D eigenvalue weighted by Gasteiger charge is 2.18. The fourth-order valence-corrected chi connectivity index (χ4v) is 2.71. The van der Waals surface area contributed by atoms with Crippen molar-refractivity contribution >= 4 is 11.8 Å². The molecular formula is C18H26N2O4. The summed E-state index contributed by atoms with van der Waals surface area (Å²) in [4.78, 5) is 26.2. The summed E-state index contributed by atoms with van der Waals surface area (Å²) in [5.74, 6) is 0.832. The normalized spacial score (nSPS) is 14.2. The maximum atomic E-state index is 12.3. The minimum absolute atomic E-state index is 0.0238. The largest absolute Gasteiger partial charge is 0.490 e. The predicted molar refractivity (Wildman–Crippen MR) is 91.5 cm³/mol. The Morgan fingerprint density at radius 2 is 1.71 bits per heavy atom. The van der Waals surface area contributed by atoms with Gasteiger partial charge in [-0.15, -0.1) is 0 Å². The topological polar surface area (TPSA) is 67.9 Å². The number of piperidine rings is 1. The van der Waals surface area contributed by atoms with Crippen LogP contribution in [0.1, 0.15) is 43.5 Å². The molecule has 0 aliphatic carbocycles. The van der Waals surface area contributed by atoms with E-state index in [2.05, 4.69) is 5.32 Å². The molecule has 1 aromatic rings. The number of likely N-dealkylation sites (tertiary alicyclic amines) is 1. The second-order valence-corrected chi connectivity index (χ2v) is 5.65. The molecule has 0 saturated carbocycles. The zero-order chi connectivity index (χ0) is 17.4. The van der Waals surface area contributed by atoms with Crippen molar-refractivity contribution in [2.24, 2.45) is 0 Å². The Balaban J connectivity index is 1.95. The Morgan fingerprint density at radius 3 is 2.38 bits per heavy atom. The van der Waals surface area contributed by atoms with Gasteiger partial charge in [-0.25, -0.2) is 0 Å². The molecule has 24 heavy (non-hydrogen) atoms. The number of benzene rings is 1. The van der Waals surface area contributed by atoms with Gasteiger partial charge in [0.15, 0.2) is 11.5 Å². The lowest BCUT2D eigenvalue weighted by atomic mass is 10.1. The first kappa shape index (κ1) is 18.1. The first-order valence-corrected chi connectivity index (χ1v) is 8.61. The minimum atomic E-state index is -0.288. The summed E-state index contributed by atoms with van der Waals surface area (Å²) >= 11 is 0. The van der Waals surface area contributed by atoms with E-state index in [0.29, 0.717) is 30.3 Å². The highest BCUT2D eigenvalue weighted by molar-refractivity contribution is 5.97. The monoisotopic (exact) mass is 334 g/mol. The predicted octanol–water partition coefficient (Wildman–Crippen LogP) is 2.23. The molecule has 0 spiro atoms. The Bertz CT molecular complexity index is 568. The van der Waals surface area contributed by atoms with Gasteiger partial charge in [-0.3, -0.25) is 9.59 Å². The minimum Gasteiger partial charge on any atom is -0.490 e. The van der Waals surface area contributed by atoms with Gasteiger partial charge in [-0.05, 0) is 51.3 Å². The number of carbonyl (C=O) groups is 2. The number of ether oxygens (including phenoxy) is 2. The molecule has 1 aliphatic heterocycles. The van der Waals surface area contributed by atoms with E-state index in [0.717, 1.165) is 25.9 Å². The van der Waals surface area contributed by atoms with Crippen LogP contribution in [0.5, 0.6) is 11.5 Å². The van der Waals surface area contributed by atoms with Crippen LogP contribution >= 0.6 is 0 Å². The summed E-state index contributed by atoms with van der Waals surface area (Å²) in [6, 6.07) is 5.04. The molecular weight excluding hydrogens is 308 g/mol. The van der Waals surface area contributed by atoms with Crippen molar-refractivity contribution in [2.75, 3.05) is 32.8 Å². The first-order valence-electron chi connectivity index (χ1n) is 8.61. The third-order valence-corrected chi connectivity index (χ3v) is 3.91.